The number of nitrogens with one attached hydrogen (secondary N) is 1. The van der Waals surface area contributed by atoms with Crippen molar-refractivity contribution in [2.24, 2.45) is 0 Å². The van der Waals surface area contributed by atoms with Gasteiger partial charge >= 0.3 is 0 Å². The van der Waals surface area contributed by atoms with Crippen molar-refractivity contribution in [1.29, 1.82) is 0 Å². The fourth-order valence-electron chi connectivity index (χ4n) is 2.61. The average molecular weight is 341 g/mol. The van der Waals surface area contributed by atoms with Crippen LogP contribution in [0, 0.1) is 11.6 Å². The molecular weight excluding hydrogens is 324 g/mol. The molecule has 0 radical (unpaired) electrons. The van der Waals surface area contributed by atoms with E-state index in [1.807, 2.05) is 13.8 Å². The van der Waals surface area contributed by atoms with E-state index in [0.29, 0.717) is 22.6 Å². The Labute approximate surface area is 144 Å². The van der Waals surface area contributed by atoms with Gasteiger partial charge < -0.3 is 5.32 Å². The zero-order valence-corrected chi connectivity index (χ0v) is 13.8. The van der Waals surface area contributed by atoms with Gasteiger partial charge in [-0.05, 0) is 54.4 Å². The third-order valence-corrected chi connectivity index (χ3v) is 3.77. The van der Waals surface area contributed by atoms with Gasteiger partial charge in [0.2, 0.25) is 0 Å². The Morgan fingerprint density at radius 2 is 1.56 bits per heavy atom. The van der Waals surface area contributed by atoms with E-state index < -0.39 is 0 Å². The predicted molar refractivity (Wildman–Crippen MR) is 92.0 cm³/mol. The quantitative estimate of drug-likeness (QED) is 0.758. The Morgan fingerprint density at radius 3 is 2.12 bits per heavy atom. The molecule has 0 spiro atoms. The van der Waals surface area contributed by atoms with Crippen molar-refractivity contribution in [3.05, 3.63) is 77.6 Å². The molecule has 0 bridgehead atoms. The second kappa shape index (κ2) is 6.84. The lowest BCUT2D eigenvalue weighted by molar-refractivity contribution is 0.102. The summed E-state index contributed by atoms with van der Waals surface area (Å²) in [7, 11) is 0. The second-order valence-corrected chi connectivity index (χ2v) is 5.95. The average Bonchev–Trinajstić information content (AvgIpc) is 3.03. The number of nitrogens with zero attached hydrogens (tertiary/aromatic N) is 2. The largest absolute Gasteiger partial charge is 0.322 e. The highest BCUT2D eigenvalue weighted by Crippen LogP contribution is 2.24. The molecule has 1 amide bonds. The van der Waals surface area contributed by atoms with E-state index >= 15 is 0 Å². The number of anilines is 1. The molecule has 0 saturated carbocycles. The van der Waals surface area contributed by atoms with Crippen LogP contribution in [0.5, 0.6) is 0 Å². The minimum absolute atomic E-state index is 0.0153. The number of aromatic nitrogens is 2. The Bertz CT molecular complexity index is 884. The van der Waals surface area contributed by atoms with Crippen LogP contribution in [0.2, 0.25) is 0 Å². The first-order valence-electron chi connectivity index (χ1n) is 7.86. The fourth-order valence-corrected chi connectivity index (χ4v) is 2.61. The van der Waals surface area contributed by atoms with Crippen molar-refractivity contribution in [1.82, 2.24) is 9.78 Å². The lowest BCUT2D eigenvalue weighted by Gasteiger charge is -2.13. The van der Waals surface area contributed by atoms with Crippen molar-refractivity contribution in [3.8, 4) is 5.69 Å². The molecule has 1 N–H and O–H groups in total. The maximum Gasteiger partial charge on any atom is 0.259 e. The fraction of sp³-hybridized carbons (Fsp3) is 0.158. The summed E-state index contributed by atoms with van der Waals surface area (Å²) in [6.45, 7) is 3.90. The van der Waals surface area contributed by atoms with E-state index in [0.717, 1.165) is 0 Å². The third-order valence-electron chi connectivity index (χ3n) is 3.77. The first-order valence-corrected chi connectivity index (χ1v) is 7.86. The predicted octanol–water partition coefficient (Wildman–Crippen LogP) is 4.53. The van der Waals surface area contributed by atoms with Gasteiger partial charge in [-0.1, -0.05) is 13.8 Å². The first kappa shape index (κ1) is 16.8. The van der Waals surface area contributed by atoms with E-state index in [4.69, 9.17) is 0 Å². The minimum atomic E-state index is -0.370. The summed E-state index contributed by atoms with van der Waals surface area (Å²) in [5, 5.41) is 7.02. The van der Waals surface area contributed by atoms with Crippen LogP contribution < -0.4 is 5.32 Å². The second-order valence-electron chi connectivity index (χ2n) is 5.95. The number of benzene rings is 2. The number of amides is 1. The van der Waals surface area contributed by atoms with Crippen LogP contribution in [0.3, 0.4) is 0 Å². The molecule has 0 fully saturated rings. The molecule has 2 aromatic carbocycles. The molecule has 3 aromatic rings. The van der Waals surface area contributed by atoms with E-state index in [-0.39, 0.29) is 23.5 Å². The lowest BCUT2D eigenvalue weighted by atomic mass is 10.0. The molecule has 1 aromatic heterocycles. The third kappa shape index (κ3) is 3.57. The maximum atomic E-state index is 13.1. The summed E-state index contributed by atoms with van der Waals surface area (Å²) >= 11 is 0. The summed E-state index contributed by atoms with van der Waals surface area (Å²) < 4.78 is 27.8. The zero-order valence-electron chi connectivity index (χ0n) is 13.8. The van der Waals surface area contributed by atoms with Gasteiger partial charge in [-0.3, -0.25) is 4.79 Å². The van der Waals surface area contributed by atoms with Gasteiger partial charge in [0.15, 0.2) is 0 Å². The summed E-state index contributed by atoms with van der Waals surface area (Å²) in [4.78, 5) is 12.6. The molecule has 0 aliphatic heterocycles. The Morgan fingerprint density at radius 1 is 1.00 bits per heavy atom. The Balaban J connectivity index is 1.94. The highest BCUT2D eigenvalue weighted by atomic mass is 19.1. The van der Waals surface area contributed by atoms with Crippen LogP contribution in [-0.4, -0.2) is 15.7 Å². The van der Waals surface area contributed by atoms with E-state index in [1.165, 1.54) is 42.6 Å². The lowest BCUT2D eigenvalue weighted by Crippen LogP contribution is -2.15. The summed E-state index contributed by atoms with van der Waals surface area (Å²) in [6.07, 6.45) is 1.48. The normalized spacial score (nSPS) is 10.9. The van der Waals surface area contributed by atoms with Crippen LogP contribution in [-0.2, 0) is 0 Å². The van der Waals surface area contributed by atoms with Gasteiger partial charge in [0.25, 0.3) is 5.91 Å². The monoisotopic (exact) mass is 341 g/mol. The Kier molecular flexibility index (Phi) is 4.61. The first-order chi connectivity index (χ1) is 12.0. The van der Waals surface area contributed by atoms with Crippen LogP contribution in [0.25, 0.3) is 5.69 Å². The number of halogens is 2. The van der Waals surface area contributed by atoms with Crippen LogP contribution in [0.15, 0.2) is 54.7 Å². The summed E-state index contributed by atoms with van der Waals surface area (Å²) in [6, 6.07) is 11.5. The maximum absolute atomic E-state index is 13.1. The molecular formula is C19H17F2N3O. The van der Waals surface area contributed by atoms with Crippen molar-refractivity contribution < 1.29 is 13.6 Å². The van der Waals surface area contributed by atoms with Crippen LogP contribution in [0.1, 0.15) is 35.8 Å². The topological polar surface area (TPSA) is 46.9 Å². The smallest absolute Gasteiger partial charge is 0.259 e. The molecule has 0 saturated heterocycles. The van der Waals surface area contributed by atoms with Gasteiger partial charge in [0.05, 0.1) is 23.1 Å². The standard InChI is InChI=1S/C19H17F2N3O/c1-12(2)18-17(19(25)23-15-7-3-13(20)4-8-15)11-22-24(18)16-9-5-14(21)6-10-16/h3-12H,1-2H3,(H,23,25). The number of rotatable bonds is 4. The molecule has 0 aliphatic carbocycles. The zero-order chi connectivity index (χ0) is 18.0. The van der Waals surface area contributed by atoms with Crippen LogP contribution >= 0.6 is 0 Å². The molecule has 25 heavy (non-hydrogen) atoms. The molecule has 4 nitrogen and oxygen atoms in total. The molecule has 3 rings (SSSR count). The van der Waals surface area contributed by atoms with E-state index in [9.17, 15) is 13.6 Å². The SMILES string of the molecule is CC(C)c1c(C(=O)Nc2ccc(F)cc2)cnn1-c1ccc(F)cc1. The highest BCUT2D eigenvalue weighted by molar-refractivity contribution is 6.05. The minimum Gasteiger partial charge on any atom is -0.322 e. The van der Waals surface area contributed by atoms with Crippen molar-refractivity contribution in [2.75, 3.05) is 5.32 Å². The van der Waals surface area contributed by atoms with Crippen molar-refractivity contribution in [3.63, 3.8) is 0 Å². The van der Waals surface area contributed by atoms with Crippen molar-refractivity contribution in [2.45, 2.75) is 19.8 Å². The molecule has 0 unspecified atom stereocenters. The van der Waals surface area contributed by atoms with Gasteiger partial charge in [-0.2, -0.15) is 5.10 Å². The summed E-state index contributed by atoms with van der Waals surface area (Å²) in [5.41, 5.74) is 2.30. The van der Waals surface area contributed by atoms with Crippen LogP contribution in [0.4, 0.5) is 14.5 Å². The number of hydrogen-bond donors (Lipinski definition) is 1. The van der Waals surface area contributed by atoms with E-state index in [2.05, 4.69) is 10.4 Å². The van der Waals surface area contributed by atoms with Crippen molar-refractivity contribution >= 4 is 11.6 Å². The number of carbonyl (C=O) groups is 1. The van der Waals surface area contributed by atoms with Gasteiger partial charge in [-0.15, -0.1) is 0 Å². The highest BCUT2D eigenvalue weighted by Gasteiger charge is 2.21. The molecule has 0 aliphatic rings. The van der Waals surface area contributed by atoms with Gasteiger partial charge in [0.1, 0.15) is 11.6 Å². The van der Waals surface area contributed by atoms with Gasteiger partial charge in [0, 0.05) is 5.69 Å². The number of hydrogen-bond acceptors (Lipinski definition) is 2. The molecule has 0 atom stereocenters. The molecule has 1 heterocycles. The van der Waals surface area contributed by atoms with E-state index in [1.54, 1.807) is 16.8 Å². The Hall–Kier alpha value is -3.02. The number of carbonyl (C=O) groups excluding carboxylic acids is 1. The van der Waals surface area contributed by atoms with Gasteiger partial charge in [-0.25, -0.2) is 13.5 Å². The molecule has 6 heteroatoms. The summed E-state index contributed by atoms with van der Waals surface area (Å²) in [5.74, 6) is -1.02. The molecule has 128 valence electrons.